The Kier molecular flexibility index (Phi) is 5.69. The Morgan fingerprint density at radius 2 is 1.75 bits per heavy atom. The summed E-state index contributed by atoms with van der Waals surface area (Å²) in [4.78, 5) is 34.8. The van der Waals surface area contributed by atoms with Crippen LogP contribution in [-0.4, -0.2) is 24.8 Å². The molecule has 3 rings (SSSR count). The molecule has 0 aliphatic rings. The van der Waals surface area contributed by atoms with Crippen molar-refractivity contribution in [3.05, 3.63) is 77.0 Å². The van der Waals surface area contributed by atoms with Gasteiger partial charge in [0, 0.05) is 11.3 Å². The highest BCUT2D eigenvalue weighted by atomic mass is 16.5. The van der Waals surface area contributed by atoms with Crippen molar-refractivity contribution >= 4 is 23.9 Å². The Morgan fingerprint density at radius 3 is 2.39 bits per heavy atom. The van der Waals surface area contributed by atoms with Crippen molar-refractivity contribution in [2.24, 2.45) is 0 Å². The van der Waals surface area contributed by atoms with Crippen molar-refractivity contribution in [1.29, 1.82) is 0 Å². The van der Waals surface area contributed by atoms with E-state index in [1.807, 2.05) is 26.0 Å². The molecule has 1 amide bonds. The molecule has 0 bridgehead atoms. The van der Waals surface area contributed by atoms with Crippen molar-refractivity contribution in [3.63, 3.8) is 0 Å². The van der Waals surface area contributed by atoms with Crippen LogP contribution in [0.2, 0.25) is 0 Å². The van der Waals surface area contributed by atoms with Gasteiger partial charge in [-0.25, -0.2) is 4.79 Å². The maximum atomic E-state index is 12.1. The topological polar surface area (TPSA) is 85.6 Å². The van der Waals surface area contributed by atoms with Crippen LogP contribution in [0.5, 0.6) is 0 Å². The summed E-state index contributed by atoms with van der Waals surface area (Å²) >= 11 is 0. The number of benzene rings is 2. The summed E-state index contributed by atoms with van der Waals surface area (Å²) in [5.41, 5.74) is 3.88. The molecular weight excluding hydrogens is 358 g/mol. The minimum absolute atomic E-state index is 0.230. The highest BCUT2D eigenvalue weighted by Gasteiger charge is 2.12. The molecule has 6 heteroatoms. The fourth-order valence-electron chi connectivity index (χ4n) is 2.57. The highest BCUT2D eigenvalue weighted by Crippen LogP contribution is 2.22. The molecule has 0 radical (unpaired) electrons. The SMILES string of the molecule is Cc1ccc(NC(=O)COC(=O)c2ccc(-c3ccc(C=O)o3)cc2)cc1C. The molecule has 1 N–H and O–H groups in total. The van der Waals surface area contributed by atoms with E-state index in [9.17, 15) is 14.4 Å². The summed E-state index contributed by atoms with van der Waals surface area (Å²) in [6.07, 6.45) is 0.623. The number of aldehydes is 1. The number of carbonyl (C=O) groups is 3. The zero-order chi connectivity index (χ0) is 20.1. The van der Waals surface area contributed by atoms with Crippen LogP contribution >= 0.6 is 0 Å². The summed E-state index contributed by atoms with van der Waals surface area (Å²) in [5, 5.41) is 2.70. The summed E-state index contributed by atoms with van der Waals surface area (Å²) in [6.45, 7) is 3.56. The van der Waals surface area contributed by atoms with Crippen molar-refractivity contribution < 1.29 is 23.5 Å². The van der Waals surface area contributed by atoms with Gasteiger partial charge in [-0.3, -0.25) is 9.59 Å². The van der Waals surface area contributed by atoms with Crippen LogP contribution in [0.3, 0.4) is 0 Å². The molecule has 3 aromatic rings. The van der Waals surface area contributed by atoms with Gasteiger partial charge >= 0.3 is 5.97 Å². The Balaban J connectivity index is 1.56. The van der Waals surface area contributed by atoms with Crippen molar-refractivity contribution in [3.8, 4) is 11.3 Å². The molecule has 2 aromatic carbocycles. The molecule has 6 nitrogen and oxygen atoms in total. The van der Waals surface area contributed by atoms with Gasteiger partial charge in [0.2, 0.25) is 0 Å². The van der Waals surface area contributed by atoms with Crippen LogP contribution in [0.1, 0.15) is 32.0 Å². The first-order chi connectivity index (χ1) is 13.5. The number of rotatable bonds is 6. The van der Waals surface area contributed by atoms with E-state index in [4.69, 9.17) is 9.15 Å². The first-order valence-electron chi connectivity index (χ1n) is 8.66. The van der Waals surface area contributed by atoms with E-state index < -0.39 is 11.9 Å². The van der Waals surface area contributed by atoms with Gasteiger partial charge in [-0.05, 0) is 61.4 Å². The number of hydrogen-bond donors (Lipinski definition) is 1. The third kappa shape index (κ3) is 4.54. The van der Waals surface area contributed by atoms with E-state index in [-0.39, 0.29) is 12.4 Å². The van der Waals surface area contributed by atoms with Gasteiger partial charge in [0.05, 0.1) is 5.56 Å². The van der Waals surface area contributed by atoms with Crippen LogP contribution in [0.25, 0.3) is 11.3 Å². The van der Waals surface area contributed by atoms with Crippen LogP contribution in [0.4, 0.5) is 5.69 Å². The third-order valence-corrected chi connectivity index (χ3v) is 4.27. The number of hydrogen-bond acceptors (Lipinski definition) is 5. The molecule has 0 unspecified atom stereocenters. The number of aryl methyl sites for hydroxylation is 2. The van der Waals surface area contributed by atoms with Gasteiger partial charge < -0.3 is 14.5 Å². The standard InChI is InChI=1S/C22H19NO5/c1-14-3-8-18(11-15(14)2)23-21(25)13-27-22(26)17-6-4-16(5-7-17)20-10-9-19(12-24)28-20/h3-12H,13H2,1-2H3,(H,23,25). The van der Waals surface area contributed by atoms with Crippen LogP contribution in [-0.2, 0) is 9.53 Å². The van der Waals surface area contributed by atoms with Crippen LogP contribution < -0.4 is 5.32 Å². The number of amides is 1. The Hall–Kier alpha value is -3.67. The van der Waals surface area contributed by atoms with Gasteiger partial charge in [0.25, 0.3) is 5.91 Å². The summed E-state index contributed by atoms with van der Waals surface area (Å²) < 4.78 is 10.4. The smallest absolute Gasteiger partial charge is 0.338 e. The zero-order valence-electron chi connectivity index (χ0n) is 15.5. The Bertz CT molecular complexity index is 1020. The van der Waals surface area contributed by atoms with E-state index in [0.717, 1.165) is 16.7 Å². The summed E-state index contributed by atoms with van der Waals surface area (Å²) in [7, 11) is 0. The number of ether oxygens (including phenoxy) is 1. The average molecular weight is 377 g/mol. The first kappa shape index (κ1) is 19.1. The largest absolute Gasteiger partial charge is 0.453 e. The number of anilines is 1. The molecular formula is C22H19NO5. The molecule has 28 heavy (non-hydrogen) atoms. The first-order valence-corrected chi connectivity index (χ1v) is 8.66. The molecule has 1 heterocycles. The van der Waals surface area contributed by atoms with Gasteiger partial charge in [-0.1, -0.05) is 18.2 Å². The lowest BCUT2D eigenvalue weighted by Gasteiger charge is -2.08. The lowest BCUT2D eigenvalue weighted by atomic mass is 10.1. The molecule has 0 aliphatic heterocycles. The molecule has 0 fully saturated rings. The number of furan rings is 1. The van der Waals surface area contributed by atoms with Gasteiger partial charge in [0.1, 0.15) is 5.76 Å². The second-order valence-corrected chi connectivity index (χ2v) is 6.32. The predicted octanol–water partition coefficient (Wildman–Crippen LogP) is 4.17. The molecule has 0 aliphatic carbocycles. The summed E-state index contributed by atoms with van der Waals surface area (Å²) in [5.74, 6) is -0.261. The fraction of sp³-hybridized carbons (Fsp3) is 0.136. The minimum Gasteiger partial charge on any atom is -0.453 e. The lowest BCUT2D eigenvalue weighted by Crippen LogP contribution is -2.21. The number of esters is 1. The van der Waals surface area contributed by atoms with E-state index in [0.29, 0.717) is 23.3 Å². The van der Waals surface area contributed by atoms with E-state index >= 15 is 0 Å². The molecule has 0 saturated carbocycles. The van der Waals surface area contributed by atoms with Crippen molar-refractivity contribution in [2.45, 2.75) is 13.8 Å². The maximum Gasteiger partial charge on any atom is 0.338 e. The van der Waals surface area contributed by atoms with Crippen LogP contribution in [0.15, 0.2) is 59.0 Å². The fourth-order valence-corrected chi connectivity index (χ4v) is 2.57. The van der Waals surface area contributed by atoms with Crippen LogP contribution in [0, 0.1) is 13.8 Å². The van der Waals surface area contributed by atoms with Gasteiger partial charge in [-0.2, -0.15) is 0 Å². The third-order valence-electron chi connectivity index (χ3n) is 4.27. The minimum atomic E-state index is -0.602. The zero-order valence-corrected chi connectivity index (χ0v) is 15.5. The lowest BCUT2D eigenvalue weighted by molar-refractivity contribution is -0.119. The molecule has 0 saturated heterocycles. The second kappa shape index (κ2) is 8.35. The highest BCUT2D eigenvalue weighted by molar-refractivity contribution is 5.95. The van der Waals surface area contributed by atoms with E-state index in [1.54, 1.807) is 42.5 Å². The second-order valence-electron chi connectivity index (χ2n) is 6.32. The molecule has 0 atom stereocenters. The van der Waals surface area contributed by atoms with Gasteiger partial charge in [-0.15, -0.1) is 0 Å². The normalized spacial score (nSPS) is 10.4. The Labute approximate surface area is 162 Å². The van der Waals surface area contributed by atoms with Crippen molar-refractivity contribution in [2.75, 3.05) is 11.9 Å². The van der Waals surface area contributed by atoms with E-state index in [1.165, 1.54) is 0 Å². The number of carbonyl (C=O) groups excluding carboxylic acids is 3. The predicted molar refractivity (Wildman–Crippen MR) is 104 cm³/mol. The molecule has 1 aromatic heterocycles. The monoisotopic (exact) mass is 377 g/mol. The van der Waals surface area contributed by atoms with E-state index in [2.05, 4.69) is 5.32 Å². The number of nitrogens with one attached hydrogen (secondary N) is 1. The van der Waals surface area contributed by atoms with Gasteiger partial charge in [0.15, 0.2) is 18.7 Å². The molecule has 0 spiro atoms. The molecule has 142 valence electrons. The van der Waals surface area contributed by atoms with Crippen molar-refractivity contribution in [1.82, 2.24) is 0 Å². The quantitative estimate of drug-likeness (QED) is 0.515. The average Bonchev–Trinajstić information content (AvgIpc) is 3.18. The maximum absolute atomic E-state index is 12.1. The summed E-state index contributed by atoms with van der Waals surface area (Å²) in [6, 6.07) is 15.3. The Morgan fingerprint density at radius 1 is 1.00 bits per heavy atom.